The van der Waals surface area contributed by atoms with Crippen LogP contribution in [-0.2, 0) is 13.6 Å². The van der Waals surface area contributed by atoms with Gasteiger partial charge in [-0.1, -0.05) is 13.8 Å². The minimum Gasteiger partial charge on any atom is -0.366 e. The summed E-state index contributed by atoms with van der Waals surface area (Å²) < 4.78 is 1.86. The molecule has 0 atom stereocenters. The van der Waals surface area contributed by atoms with Crippen LogP contribution in [-0.4, -0.2) is 19.7 Å². The second-order valence-electron chi connectivity index (χ2n) is 5.30. The van der Waals surface area contributed by atoms with E-state index >= 15 is 0 Å². The smallest absolute Gasteiger partial charge is 0.252 e. The van der Waals surface area contributed by atoms with Gasteiger partial charge in [-0.2, -0.15) is 5.10 Å². The monoisotopic (exact) mass is 275 g/mol. The van der Waals surface area contributed by atoms with Crippen molar-refractivity contribution in [1.82, 2.24) is 19.7 Å². The third-order valence-corrected chi connectivity index (χ3v) is 3.41. The Morgan fingerprint density at radius 2 is 2.10 bits per heavy atom. The van der Waals surface area contributed by atoms with Gasteiger partial charge in [-0.05, 0) is 13.8 Å². The van der Waals surface area contributed by atoms with Gasteiger partial charge in [0.25, 0.3) is 5.56 Å². The second-order valence-corrected chi connectivity index (χ2v) is 5.30. The topological polar surface area (TPSA) is 75.6 Å². The van der Waals surface area contributed by atoms with E-state index in [1.807, 2.05) is 39.4 Å². The molecule has 2 aromatic rings. The van der Waals surface area contributed by atoms with Crippen molar-refractivity contribution in [2.24, 2.45) is 7.05 Å². The molecule has 0 spiro atoms. The Balaban J connectivity index is 2.21. The Morgan fingerprint density at radius 1 is 1.40 bits per heavy atom. The highest BCUT2D eigenvalue weighted by Crippen LogP contribution is 2.14. The lowest BCUT2D eigenvalue weighted by atomic mass is 10.2. The van der Waals surface area contributed by atoms with Crippen molar-refractivity contribution in [1.29, 1.82) is 0 Å². The van der Waals surface area contributed by atoms with E-state index in [2.05, 4.69) is 20.4 Å². The maximum atomic E-state index is 11.6. The van der Waals surface area contributed by atoms with Gasteiger partial charge < -0.3 is 10.3 Å². The van der Waals surface area contributed by atoms with Crippen LogP contribution >= 0.6 is 0 Å². The molecule has 0 unspecified atom stereocenters. The molecule has 20 heavy (non-hydrogen) atoms. The molecular formula is C14H21N5O. The number of aromatic amines is 1. The number of hydrogen-bond acceptors (Lipinski definition) is 4. The normalized spacial score (nSPS) is 11.1. The summed E-state index contributed by atoms with van der Waals surface area (Å²) in [6, 6.07) is 1.48. The van der Waals surface area contributed by atoms with Crippen molar-refractivity contribution in [2.45, 2.75) is 40.2 Å². The van der Waals surface area contributed by atoms with Crippen molar-refractivity contribution in [3.05, 3.63) is 39.2 Å². The fraction of sp³-hybridized carbons (Fsp3) is 0.500. The molecule has 108 valence electrons. The first-order valence-electron chi connectivity index (χ1n) is 6.72. The first-order valence-corrected chi connectivity index (χ1v) is 6.72. The summed E-state index contributed by atoms with van der Waals surface area (Å²) in [4.78, 5) is 18.8. The van der Waals surface area contributed by atoms with E-state index in [4.69, 9.17) is 0 Å². The lowest BCUT2D eigenvalue weighted by molar-refractivity contribution is 0.730. The fourth-order valence-corrected chi connectivity index (χ4v) is 2.09. The first-order chi connectivity index (χ1) is 9.38. The van der Waals surface area contributed by atoms with Gasteiger partial charge in [0, 0.05) is 36.8 Å². The Bertz CT molecular complexity index is 669. The summed E-state index contributed by atoms with van der Waals surface area (Å²) >= 11 is 0. The van der Waals surface area contributed by atoms with E-state index in [9.17, 15) is 4.79 Å². The van der Waals surface area contributed by atoms with E-state index < -0.39 is 0 Å². The van der Waals surface area contributed by atoms with Crippen LogP contribution in [0.2, 0.25) is 0 Å². The Morgan fingerprint density at radius 3 is 2.65 bits per heavy atom. The molecule has 0 fully saturated rings. The zero-order chi connectivity index (χ0) is 14.9. The lowest BCUT2D eigenvalue weighted by Gasteiger charge is -2.09. The van der Waals surface area contributed by atoms with Gasteiger partial charge in [0.2, 0.25) is 0 Å². The molecule has 6 nitrogen and oxygen atoms in total. The van der Waals surface area contributed by atoms with E-state index in [0.717, 1.165) is 17.0 Å². The molecule has 0 amide bonds. The van der Waals surface area contributed by atoms with Gasteiger partial charge in [-0.3, -0.25) is 9.48 Å². The maximum absolute atomic E-state index is 11.6. The highest BCUT2D eigenvalue weighted by Gasteiger charge is 2.10. The first kappa shape index (κ1) is 14.3. The summed E-state index contributed by atoms with van der Waals surface area (Å²) in [6.07, 6.45) is 0. The minimum absolute atomic E-state index is 0.133. The zero-order valence-corrected chi connectivity index (χ0v) is 12.6. The van der Waals surface area contributed by atoms with Crippen LogP contribution in [0.4, 0.5) is 5.82 Å². The third kappa shape index (κ3) is 2.89. The number of aromatic nitrogens is 4. The third-order valence-electron chi connectivity index (χ3n) is 3.41. The minimum atomic E-state index is -0.133. The van der Waals surface area contributed by atoms with Crippen molar-refractivity contribution < 1.29 is 0 Å². The van der Waals surface area contributed by atoms with Gasteiger partial charge in [-0.15, -0.1) is 0 Å². The highest BCUT2D eigenvalue weighted by atomic mass is 16.1. The zero-order valence-electron chi connectivity index (χ0n) is 12.6. The Kier molecular flexibility index (Phi) is 3.92. The van der Waals surface area contributed by atoms with Gasteiger partial charge in [0.1, 0.15) is 11.6 Å². The SMILES string of the molecule is Cc1nn(C)c(C)c1CNc1cc(=O)[nH]c(C(C)C)n1. The molecule has 0 radical (unpaired) electrons. The summed E-state index contributed by atoms with van der Waals surface area (Å²) in [6.45, 7) is 8.62. The predicted octanol–water partition coefficient (Wildman–Crippen LogP) is 1.86. The van der Waals surface area contributed by atoms with Crippen molar-refractivity contribution in [3.8, 4) is 0 Å². The van der Waals surface area contributed by atoms with Gasteiger partial charge in [0.15, 0.2) is 0 Å². The lowest BCUT2D eigenvalue weighted by Crippen LogP contribution is -2.14. The molecular weight excluding hydrogens is 254 g/mol. The van der Waals surface area contributed by atoms with Gasteiger partial charge >= 0.3 is 0 Å². The number of H-pyrrole nitrogens is 1. The highest BCUT2D eigenvalue weighted by molar-refractivity contribution is 5.36. The number of anilines is 1. The molecule has 0 aliphatic carbocycles. The molecule has 2 rings (SSSR count). The van der Waals surface area contributed by atoms with Crippen LogP contribution in [0, 0.1) is 13.8 Å². The molecule has 2 heterocycles. The van der Waals surface area contributed by atoms with Crippen LogP contribution in [0.15, 0.2) is 10.9 Å². The molecule has 0 aliphatic heterocycles. The number of hydrogen-bond donors (Lipinski definition) is 2. The number of aryl methyl sites for hydroxylation is 2. The van der Waals surface area contributed by atoms with Crippen molar-refractivity contribution in [2.75, 3.05) is 5.32 Å². The predicted molar refractivity (Wildman–Crippen MR) is 79.0 cm³/mol. The largest absolute Gasteiger partial charge is 0.366 e. The molecule has 0 bridgehead atoms. The standard InChI is InChI=1S/C14H21N5O/c1-8(2)14-16-12(6-13(20)17-14)15-7-11-9(3)18-19(5)10(11)4/h6,8H,7H2,1-5H3,(H2,15,16,17,20). The number of nitrogens with one attached hydrogen (secondary N) is 2. The van der Waals surface area contributed by atoms with Crippen molar-refractivity contribution in [3.63, 3.8) is 0 Å². The fourth-order valence-electron chi connectivity index (χ4n) is 2.09. The van der Waals surface area contributed by atoms with Crippen LogP contribution < -0.4 is 10.9 Å². The van der Waals surface area contributed by atoms with Gasteiger partial charge in [0.05, 0.1) is 5.69 Å². The summed E-state index contributed by atoms with van der Waals surface area (Å²) in [5.41, 5.74) is 3.11. The van der Waals surface area contributed by atoms with E-state index in [0.29, 0.717) is 18.2 Å². The molecule has 0 saturated carbocycles. The Labute approximate surface area is 118 Å². The van der Waals surface area contributed by atoms with Crippen LogP contribution in [0.3, 0.4) is 0 Å². The maximum Gasteiger partial charge on any atom is 0.252 e. The summed E-state index contributed by atoms with van der Waals surface area (Å²) in [5, 5.41) is 7.58. The average molecular weight is 275 g/mol. The number of nitrogens with zero attached hydrogens (tertiary/aromatic N) is 3. The van der Waals surface area contributed by atoms with E-state index in [-0.39, 0.29) is 11.5 Å². The number of rotatable bonds is 4. The molecule has 0 aliphatic rings. The molecule has 6 heteroatoms. The molecule has 0 saturated heterocycles. The molecule has 2 aromatic heterocycles. The summed E-state index contributed by atoms with van der Waals surface area (Å²) in [5.74, 6) is 1.48. The van der Waals surface area contributed by atoms with Crippen LogP contribution in [0.25, 0.3) is 0 Å². The second kappa shape index (κ2) is 5.48. The van der Waals surface area contributed by atoms with Crippen molar-refractivity contribution >= 4 is 5.82 Å². The van der Waals surface area contributed by atoms with Crippen LogP contribution in [0.5, 0.6) is 0 Å². The quantitative estimate of drug-likeness (QED) is 0.893. The van der Waals surface area contributed by atoms with Gasteiger partial charge in [-0.25, -0.2) is 4.98 Å². The van der Waals surface area contributed by atoms with E-state index in [1.165, 1.54) is 6.07 Å². The van der Waals surface area contributed by atoms with E-state index in [1.54, 1.807) is 0 Å². The van der Waals surface area contributed by atoms with Crippen LogP contribution in [0.1, 0.15) is 42.5 Å². The molecule has 2 N–H and O–H groups in total. The average Bonchev–Trinajstić information content (AvgIpc) is 2.60. The Hall–Kier alpha value is -2.11. The molecule has 0 aromatic carbocycles. The summed E-state index contributed by atoms with van der Waals surface area (Å²) in [7, 11) is 1.92.